The highest BCUT2D eigenvalue weighted by molar-refractivity contribution is 5.90. The average Bonchev–Trinajstić information content (AvgIpc) is 3.54. The van der Waals surface area contributed by atoms with E-state index >= 15 is 0 Å². The molecule has 0 aromatic heterocycles. The Morgan fingerprint density at radius 1 is 0.375 bits per heavy atom. The lowest BCUT2D eigenvalue weighted by Gasteiger charge is -2.31. The minimum Gasteiger partial charge on any atom is -0.310 e. The molecule has 7 aromatic carbocycles. The van der Waals surface area contributed by atoms with Crippen LogP contribution in [0, 0.1) is 0 Å². The number of anilines is 3. The zero-order valence-corrected chi connectivity index (χ0v) is 27.6. The third-order valence-corrected chi connectivity index (χ3v) is 10.9. The predicted octanol–water partition coefficient (Wildman–Crippen LogP) is 12.5. The Kier molecular flexibility index (Phi) is 6.36. The molecule has 0 fully saturated rings. The highest BCUT2D eigenvalue weighted by Gasteiger charge is 2.41. The van der Waals surface area contributed by atoms with E-state index in [0.717, 1.165) is 17.1 Å². The van der Waals surface area contributed by atoms with Crippen molar-refractivity contribution >= 4 is 17.1 Å². The summed E-state index contributed by atoms with van der Waals surface area (Å²) in [6.07, 6.45) is 0. The maximum absolute atomic E-state index is 2.42. The van der Waals surface area contributed by atoms with E-state index in [1.165, 1.54) is 61.2 Å². The summed E-state index contributed by atoms with van der Waals surface area (Å²) in [6, 6.07) is 62.5. The number of rotatable bonds is 5. The van der Waals surface area contributed by atoms with Crippen LogP contribution in [-0.2, 0) is 10.8 Å². The fourth-order valence-electron chi connectivity index (χ4n) is 8.60. The van der Waals surface area contributed by atoms with Crippen LogP contribution >= 0.6 is 0 Å². The van der Waals surface area contributed by atoms with E-state index in [-0.39, 0.29) is 10.8 Å². The van der Waals surface area contributed by atoms with E-state index in [1.807, 2.05) is 0 Å². The molecule has 48 heavy (non-hydrogen) atoms. The molecule has 0 saturated carbocycles. The van der Waals surface area contributed by atoms with Crippen molar-refractivity contribution in [2.45, 2.75) is 31.6 Å². The van der Waals surface area contributed by atoms with Gasteiger partial charge in [-0.05, 0) is 105 Å². The number of hydrogen-bond donors (Lipinski definition) is 0. The molecule has 230 valence electrons. The molecule has 2 aliphatic carbocycles. The molecule has 0 saturated heterocycles. The van der Waals surface area contributed by atoms with Gasteiger partial charge < -0.3 is 4.90 Å². The Balaban J connectivity index is 1.17. The SMILES string of the molecule is CC1(C)c2ccccc2-c2cccc(-c3ccc(N(c4ccccc4)c4ccc5c(c4)C(C)(c4ccccc4)c4ccccc4-5)cc3)c21. The van der Waals surface area contributed by atoms with E-state index in [9.17, 15) is 0 Å². The number of para-hydroxylation sites is 1. The van der Waals surface area contributed by atoms with Gasteiger partial charge in [0, 0.05) is 27.9 Å². The summed E-state index contributed by atoms with van der Waals surface area (Å²) in [7, 11) is 0. The van der Waals surface area contributed by atoms with Gasteiger partial charge in [0.2, 0.25) is 0 Å². The molecule has 0 radical (unpaired) electrons. The zero-order chi connectivity index (χ0) is 32.5. The Bertz CT molecular complexity index is 2310. The van der Waals surface area contributed by atoms with Crippen molar-refractivity contribution in [1.29, 1.82) is 0 Å². The van der Waals surface area contributed by atoms with Gasteiger partial charge >= 0.3 is 0 Å². The molecule has 7 aromatic rings. The van der Waals surface area contributed by atoms with Crippen LogP contribution in [0.15, 0.2) is 170 Å². The highest BCUT2D eigenvalue weighted by atomic mass is 15.1. The second kappa shape index (κ2) is 10.7. The smallest absolute Gasteiger partial charge is 0.0465 e. The van der Waals surface area contributed by atoms with E-state index in [1.54, 1.807) is 0 Å². The van der Waals surface area contributed by atoms with Crippen LogP contribution in [0.1, 0.15) is 48.6 Å². The van der Waals surface area contributed by atoms with Gasteiger partial charge in [0.25, 0.3) is 0 Å². The number of nitrogens with zero attached hydrogens (tertiary/aromatic N) is 1. The number of benzene rings is 7. The summed E-state index contributed by atoms with van der Waals surface area (Å²) < 4.78 is 0. The Labute approximate surface area is 283 Å². The van der Waals surface area contributed by atoms with Crippen LogP contribution in [-0.4, -0.2) is 0 Å². The fourth-order valence-corrected chi connectivity index (χ4v) is 8.60. The van der Waals surface area contributed by atoms with E-state index < -0.39 is 0 Å². The van der Waals surface area contributed by atoms with Gasteiger partial charge in [-0.2, -0.15) is 0 Å². The van der Waals surface area contributed by atoms with Gasteiger partial charge in [-0.15, -0.1) is 0 Å². The zero-order valence-electron chi connectivity index (χ0n) is 27.6. The quantitative estimate of drug-likeness (QED) is 0.186. The molecule has 1 nitrogen and oxygen atoms in total. The lowest BCUT2D eigenvalue weighted by atomic mass is 9.74. The fraction of sp³-hybridized carbons (Fsp3) is 0.106. The summed E-state index contributed by atoms with van der Waals surface area (Å²) in [4.78, 5) is 2.40. The van der Waals surface area contributed by atoms with Gasteiger partial charge in [-0.25, -0.2) is 0 Å². The summed E-state index contributed by atoms with van der Waals surface area (Å²) in [5.41, 5.74) is 17.8. The topological polar surface area (TPSA) is 3.24 Å². The van der Waals surface area contributed by atoms with Crippen molar-refractivity contribution in [3.63, 3.8) is 0 Å². The number of hydrogen-bond acceptors (Lipinski definition) is 1. The molecule has 0 bridgehead atoms. The van der Waals surface area contributed by atoms with Gasteiger partial charge in [-0.3, -0.25) is 0 Å². The maximum atomic E-state index is 2.42. The Morgan fingerprint density at radius 2 is 0.896 bits per heavy atom. The van der Waals surface area contributed by atoms with Crippen LogP contribution < -0.4 is 4.90 Å². The third kappa shape index (κ3) is 4.10. The van der Waals surface area contributed by atoms with Gasteiger partial charge in [0.15, 0.2) is 0 Å². The largest absolute Gasteiger partial charge is 0.310 e. The van der Waals surface area contributed by atoms with E-state index in [4.69, 9.17) is 0 Å². The standard InChI is InChI=1S/C47H37N/c1-46(2)42-23-12-10-20-39(42)41-22-14-21-37(45(41)46)32-25-27-35(28-26-32)48(34-17-8-5-9-18-34)36-29-30-40-38-19-11-13-24-43(38)47(3,44(40)31-36)33-15-6-4-7-16-33/h4-31H,1-3H3. The first kappa shape index (κ1) is 28.6. The molecule has 1 atom stereocenters. The van der Waals surface area contributed by atoms with Crippen LogP contribution in [0.5, 0.6) is 0 Å². The van der Waals surface area contributed by atoms with Crippen LogP contribution in [0.3, 0.4) is 0 Å². The van der Waals surface area contributed by atoms with Crippen LogP contribution in [0.2, 0.25) is 0 Å². The molecule has 1 unspecified atom stereocenters. The second-order valence-electron chi connectivity index (χ2n) is 13.9. The van der Waals surface area contributed by atoms with Crippen molar-refractivity contribution < 1.29 is 0 Å². The molecule has 0 aliphatic heterocycles. The lowest BCUT2D eigenvalue weighted by Crippen LogP contribution is -2.22. The van der Waals surface area contributed by atoms with Gasteiger partial charge in [0.05, 0.1) is 0 Å². The second-order valence-corrected chi connectivity index (χ2v) is 13.9. The van der Waals surface area contributed by atoms with Crippen LogP contribution in [0.25, 0.3) is 33.4 Å². The molecular weight excluding hydrogens is 579 g/mol. The average molecular weight is 616 g/mol. The normalized spacial score (nSPS) is 16.5. The third-order valence-electron chi connectivity index (χ3n) is 10.9. The molecule has 0 amide bonds. The maximum Gasteiger partial charge on any atom is 0.0465 e. The summed E-state index contributed by atoms with van der Waals surface area (Å²) in [5.74, 6) is 0. The first-order valence-electron chi connectivity index (χ1n) is 17.0. The Hall–Kier alpha value is -5.66. The monoisotopic (exact) mass is 615 g/mol. The molecule has 2 aliphatic rings. The summed E-state index contributed by atoms with van der Waals surface area (Å²) >= 11 is 0. The van der Waals surface area contributed by atoms with Gasteiger partial charge in [0.1, 0.15) is 0 Å². The molecule has 1 heteroatoms. The summed E-state index contributed by atoms with van der Waals surface area (Å²) in [6.45, 7) is 7.11. The molecule has 9 rings (SSSR count). The first-order valence-corrected chi connectivity index (χ1v) is 17.0. The Morgan fingerprint density at radius 3 is 1.62 bits per heavy atom. The summed E-state index contributed by atoms with van der Waals surface area (Å²) in [5, 5.41) is 0. The van der Waals surface area contributed by atoms with Crippen molar-refractivity contribution in [2.24, 2.45) is 0 Å². The minimum absolute atomic E-state index is 0.0648. The van der Waals surface area contributed by atoms with Crippen molar-refractivity contribution in [3.05, 3.63) is 198 Å². The molecule has 0 heterocycles. The first-order chi connectivity index (χ1) is 23.5. The van der Waals surface area contributed by atoms with E-state index in [0.29, 0.717) is 0 Å². The lowest BCUT2D eigenvalue weighted by molar-refractivity contribution is 0.662. The predicted molar refractivity (Wildman–Crippen MR) is 202 cm³/mol. The molecular formula is C47H37N. The number of fused-ring (bicyclic) bond motifs is 6. The van der Waals surface area contributed by atoms with Crippen molar-refractivity contribution in [2.75, 3.05) is 4.90 Å². The highest BCUT2D eigenvalue weighted by Crippen LogP contribution is 2.55. The van der Waals surface area contributed by atoms with Gasteiger partial charge in [-0.1, -0.05) is 147 Å². The van der Waals surface area contributed by atoms with Crippen LogP contribution in [0.4, 0.5) is 17.1 Å². The molecule has 0 spiro atoms. The molecule has 0 N–H and O–H groups in total. The van der Waals surface area contributed by atoms with Crippen molar-refractivity contribution in [1.82, 2.24) is 0 Å². The van der Waals surface area contributed by atoms with E-state index in [2.05, 4.69) is 196 Å². The van der Waals surface area contributed by atoms with Crippen molar-refractivity contribution in [3.8, 4) is 33.4 Å². The minimum atomic E-state index is -0.256.